The molecule has 0 amide bonds. The molecule has 4 unspecified atom stereocenters. The lowest BCUT2D eigenvalue weighted by Gasteiger charge is -2.37. The highest BCUT2D eigenvalue weighted by Crippen LogP contribution is 2.51. The summed E-state index contributed by atoms with van der Waals surface area (Å²) in [6.45, 7) is 5.74. The van der Waals surface area contributed by atoms with E-state index in [0.717, 1.165) is 105 Å². The molecule has 5 aliphatic carbocycles. The van der Waals surface area contributed by atoms with Crippen molar-refractivity contribution in [3.8, 4) is 17.2 Å². The summed E-state index contributed by atoms with van der Waals surface area (Å²) < 4.78 is 13.9. The number of benzene rings is 7. The number of nitriles is 1. The highest BCUT2D eigenvalue weighted by Gasteiger charge is 2.38. The Balaban J connectivity index is 0.955. The van der Waals surface area contributed by atoms with Gasteiger partial charge in [0.15, 0.2) is 11.2 Å². The molecule has 6 heteroatoms. The van der Waals surface area contributed by atoms with Crippen LogP contribution in [0.3, 0.4) is 0 Å². The molecule has 7 aromatic carbocycles. The molecule has 5 atom stereocenters. The third-order valence-electron chi connectivity index (χ3n) is 17.0. The molecule has 0 saturated carbocycles. The molecule has 6 nitrogen and oxygen atoms in total. The minimum Gasteiger partial charge on any atom is -0.454 e. The van der Waals surface area contributed by atoms with Gasteiger partial charge in [-0.2, -0.15) is 5.26 Å². The minimum absolute atomic E-state index is 0.0273. The summed E-state index contributed by atoms with van der Waals surface area (Å²) in [4.78, 5) is 4.91. The van der Waals surface area contributed by atoms with Gasteiger partial charge in [-0.15, -0.1) is 0 Å². The van der Waals surface area contributed by atoms with E-state index in [0.29, 0.717) is 23.4 Å². The highest BCUT2D eigenvalue weighted by molar-refractivity contribution is 6.10. The first-order valence-corrected chi connectivity index (χ1v) is 26.8. The van der Waals surface area contributed by atoms with Crippen LogP contribution in [0.25, 0.3) is 73.0 Å². The first-order valence-electron chi connectivity index (χ1n) is 26.8. The fourth-order valence-electron chi connectivity index (χ4n) is 13.3. The molecule has 0 bridgehead atoms. The van der Waals surface area contributed by atoms with E-state index in [-0.39, 0.29) is 11.8 Å². The number of fused-ring (bicyclic) bond motifs is 6. The Morgan fingerprint density at radius 3 is 2.28 bits per heavy atom. The van der Waals surface area contributed by atoms with E-state index in [1.54, 1.807) is 0 Å². The molecular formula is C69H54N4O2. The number of allylic oxidation sites excluding steroid dienone is 9. The second-order valence-electron chi connectivity index (χ2n) is 21.4. The first-order chi connectivity index (χ1) is 37.0. The van der Waals surface area contributed by atoms with Gasteiger partial charge >= 0.3 is 0 Å². The van der Waals surface area contributed by atoms with Gasteiger partial charge in [-0.05, 0) is 142 Å². The SMILES string of the molecule is CC1CC=Cc2oc3c(N(C4=CC(C5=CCCC=C5)C(C)C([C@@H]5CN5)=C4)c4ccc5c6c7c(ccc46)=CC=C(N(c4cc(C#N)cc(-c6ccccc6)c4)c4cccc6c4oc4ccccc46)C7CC=5)cccc3c21. The summed E-state index contributed by atoms with van der Waals surface area (Å²) in [5.41, 5.74) is 17.0. The lowest BCUT2D eigenvalue weighted by atomic mass is 9.75. The van der Waals surface area contributed by atoms with Gasteiger partial charge in [0.25, 0.3) is 0 Å². The average Bonchev–Trinajstić information content (AvgIpc) is 4.14. The van der Waals surface area contributed by atoms with Crippen LogP contribution in [0.15, 0.2) is 207 Å². The number of nitrogens with zero attached hydrogens (tertiary/aromatic N) is 3. The number of rotatable bonds is 9. The summed E-state index contributed by atoms with van der Waals surface area (Å²) in [7, 11) is 0. The lowest BCUT2D eigenvalue weighted by molar-refractivity contribution is 0.532. The van der Waals surface area contributed by atoms with Crippen LogP contribution in [0.2, 0.25) is 0 Å². The third kappa shape index (κ3) is 7.02. The van der Waals surface area contributed by atoms with Gasteiger partial charge in [0.05, 0.1) is 28.7 Å². The van der Waals surface area contributed by atoms with Crippen molar-refractivity contribution in [3.05, 3.63) is 231 Å². The molecule has 1 aliphatic heterocycles. The molecule has 1 saturated heterocycles. The number of hydrogen-bond donors (Lipinski definition) is 1. The molecule has 9 aromatic rings. The highest BCUT2D eigenvalue weighted by atomic mass is 16.3. The van der Waals surface area contributed by atoms with Crippen LogP contribution in [0.1, 0.15) is 73.8 Å². The van der Waals surface area contributed by atoms with Crippen molar-refractivity contribution in [2.45, 2.75) is 57.4 Å². The van der Waals surface area contributed by atoms with Crippen LogP contribution in [0.5, 0.6) is 0 Å². The van der Waals surface area contributed by atoms with Crippen molar-refractivity contribution in [1.29, 1.82) is 5.26 Å². The molecule has 75 heavy (non-hydrogen) atoms. The Hall–Kier alpha value is -8.63. The van der Waals surface area contributed by atoms with Crippen LogP contribution in [0.4, 0.5) is 22.7 Å². The van der Waals surface area contributed by atoms with Gasteiger partial charge in [-0.1, -0.05) is 147 Å². The summed E-state index contributed by atoms with van der Waals surface area (Å²) in [6.07, 6.45) is 27.7. The summed E-state index contributed by atoms with van der Waals surface area (Å²) >= 11 is 0. The Labute approximate surface area is 436 Å². The van der Waals surface area contributed by atoms with Crippen LogP contribution in [0, 0.1) is 23.2 Å². The van der Waals surface area contributed by atoms with Crippen molar-refractivity contribution < 1.29 is 8.83 Å². The summed E-state index contributed by atoms with van der Waals surface area (Å²) in [5, 5.41) is 22.6. The normalized spacial score (nSPS) is 21.2. The summed E-state index contributed by atoms with van der Waals surface area (Å²) in [5.74, 6) is 1.86. The number of furan rings is 2. The van der Waals surface area contributed by atoms with E-state index in [1.807, 2.05) is 30.3 Å². The number of para-hydroxylation sites is 3. The van der Waals surface area contributed by atoms with Crippen molar-refractivity contribution in [3.63, 3.8) is 0 Å². The number of hydrogen-bond acceptors (Lipinski definition) is 6. The molecule has 1 N–H and O–H groups in total. The molecule has 6 aliphatic rings. The van der Waals surface area contributed by atoms with Crippen molar-refractivity contribution in [1.82, 2.24) is 5.32 Å². The fraction of sp³-hybridized carbons (Fsp3) is 0.174. The van der Waals surface area contributed by atoms with Crippen LogP contribution < -0.4 is 25.6 Å². The fourth-order valence-corrected chi connectivity index (χ4v) is 13.3. The molecule has 3 heterocycles. The second kappa shape index (κ2) is 17.2. The minimum atomic E-state index is -0.0273. The molecule has 1 fully saturated rings. The maximum Gasteiger partial charge on any atom is 0.159 e. The van der Waals surface area contributed by atoms with E-state index >= 15 is 0 Å². The van der Waals surface area contributed by atoms with Gasteiger partial charge < -0.3 is 24.0 Å². The Morgan fingerprint density at radius 1 is 0.640 bits per heavy atom. The standard InChI is InChI=1S/C69H54N4O2/c1-41-14-11-25-64-65(41)55-21-13-23-62(69(55)75-64)73(50-37-56(45-17-7-4-8-18-45)42(2)57(38-50)58-40-71-58)60-33-29-47-26-30-53-59(32-28-46-27-31-54(60)67(47)66(46)53)72(49-35-43(39-70)34-48(36-49)44-15-5-3-6-16-44)61-22-12-20-52-51-19-9-10-24-63(51)74-68(52)61/h3,5-7,9-13,15-29,31-38,41-42,53,56,58,71H,4,8,14,30,40H2,1-2H3/t41?,42?,53?,56?,58-/m0/s1. The zero-order chi connectivity index (χ0) is 49.9. The molecule has 15 rings (SSSR count). The van der Waals surface area contributed by atoms with Gasteiger partial charge in [0, 0.05) is 68.6 Å². The maximum atomic E-state index is 10.7. The Morgan fingerprint density at radius 2 is 1.44 bits per heavy atom. The van der Waals surface area contributed by atoms with E-state index in [9.17, 15) is 5.26 Å². The number of anilines is 4. The zero-order valence-corrected chi connectivity index (χ0v) is 42.1. The van der Waals surface area contributed by atoms with Crippen LogP contribution >= 0.6 is 0 Å². The zero-order valence-electron chi connectivity index (χ0n) is 42.1. The second-order valence-corrected chi connectivity index (χ2v) is 21.4. The lowest BCUT2D eigenvalue weighted by Crippen LogP contribution is -2.32. The molecule has 0 radical (unpaired) electrons. The maximum absolute atomic E-state index is 10.7. The van der Waals surface area contributed by atoms with E-state index in [1.165, 1.54) is 54.6 Å². The van der Waals surface area contributed by atoms with E-state index < -0.39 is 0 Å². The topological polar surface area (TPSA) is 78.5 Å². The summed E-state index contributed by atoms with van der Waals surface area (Å²) in [6, 6.07) is 50.5. The molecular weight excluding hydrogens is 917 g/mol. The molecule has 2 aromatic heterocycles. The molecule has 362 valence electrons. The average molecular weight is 971 g/mol. The Bertz CT molecular complexity index is 4280. The third-order valence-corrected chi connectivity index (χ3v) is 17.0. The van der Waals surface area contributed by atoms with Crippen LogP contribution in [-0.4, -0.2) is 12.6 Å². The van der Waals surface area contributed by atoms with Gasteiger partial charge in [0.2, 0.25) is 0 Å². The number of nitrogens with one attached hydrogen (secondary N) is 1. The molecule has 0 spiro atoms. The van der Waals surface area contributed by atoms with Crippen LogP contribution in [-0.2, 0) is 0 Å². The van der Waals surface area contributed by atoms with Crippen molar-refractivity contribution in [2.24, 2.45) is 11.8 Å². The van der Waals surface area contributed by atoms with Gasteiger partial charge in [-0.25, -0.2) is 0 Å². The van der Waals surface area contributed by atoms with Crippen molar-refractivity contribution in [2.75, 3.05) is 16.3 Å². The predicted octanol–water partition coefficient (Wildman–Crippen LogP) is 15.8. The Kier molecular flexibility index (Phi) is 10.1. The first kappa shape index (κ1) is 43.9. The monoisotopic (exact) mass is 970 g/mol. The largest absolute Gasteiger partial charge is 0.454 e. The quantitative estimate of drug-likeness (QED) is 0.145. The van der Waals surface area contributed by atoms with Gasteiger partial charge in [0.1, 0.15) is 11.3 Å². The van der Waals surface area contributed by atoms with Gasteiger partial charge in [-0.3, -0.25) is 0 Å². The van der Waals surface area contributed by atoms with E-state index in [2.05, 4.69) is 199 Å². The predicted molar refractivity (Wildman–Crippen MR) is 308 cm³/mol. The smallest absolute Gasteiger partial charge is 0.159 e. The van der Waals surface area contributed by atoms with Crippen molar-refractivity contribution >= 4 is 84.7 Å². The van der Waals surface area contributed by atoms with E-state index in [4.69, 9.17) is 8.83 Å².